The van der Waals surface area contributed by atoms with Gasteiger partial charge in [-0.1, -0.05) is 0 Å². The molecule has 1 aliphatic heterocycles. The molecule has 2 aromatic rings. The van der Waals surface area contributed by atoms with Crippen LogP contribution in [-0.2, 0) is 13.6 Å². The van der Waals surface area contributed by atoms with Gasteiger partial charge in [0.1, 0.15) is 5.82 Å². The number of rotatable bonds is 3. The summed E-state index contributed by atoms with van der Waals surface area (Å²) in [6.45, 7) is 1.06. The van der Waals surface area contributed by atoms with Crippen molar-refractivity contribution in [1.29, 1.82) is 0 Å². The maximum absolute atomic E-state index is 5.38. The van der Waals surface area contributed by atoms with Gasteiger partial charge < -0.3 is 19.4 Å². The van der Waals surface area contributed by atoms with Crippen molar-refractivity contribution >= 4 is 0 Å². The zero-order valence-corrected chi connectivity index (χ0v) is 10.4. The monoisotopic (exact) mass is 245 g/mol. The summed E-state index contributed by atoms with van der Waals surface area (Å²) in [5.41, 5.74) is 2.05. The van der Waals surface area contributed by atoms with E-state index in [1.165, 1.54) is 0 Å². The lowest BCUT2D eigenvalue weighted by Crippen LogP contribution is -2.04. The molecule has 1 aromatic heterocycles. The summed E-state index contributed by atoms with van der Waals surface area (Å²) in [4.78, 5) is 4.60. The number of hydrogen-bond acceptors (Lipinski definition) is 4. The molecule has 94 valence electrons. The summed E-state index contributed by atoms with van der Waals surface area (Å²) in [6.07, 6.45) is 2.02. The molecule has 1 aromatic carbocycles. The minimum atomic E-state index is 0.296. The lowest BCUT2D eigenvalue weighted by Gasteiger charge is -2.02. The predicted octanol–water partition coefficient (Wildman–Crippen LogP) is 1.54. The van der Waals surface area contributed by atoms with Crippen LogP contribution in [0, 0.1) is 0 Å². The zero-order chi connectivity index (χ0) is 12.5. The molecule has 3 rings (SSSR count). The number of aryl methyl sites for hydroxylation is 1. The van der Waals surface area contributed by atoms with Crippen molar-refractivity contribution in [1.82, 2.24) is 14.9 Å². The second-order valence-electron chi connectivity index (χ2n) is 4.27. The third-order valence-electron chi connectivity index (χ3n) is 2.91. The summed E-state index contributed by atoms with van der Waals surface area (Å²) in [6, 6.07) is 5.89. The van der Waals surface area contributed by atoms with Crippen molar-refractivity contribution in [3.8, 4) is 22.9 Å². The minimum absolute atomic E-state index is 0.296. The number of aromatic nitrogens is 2. The number of nitrogens with zero attached hydrogens (tertiary/aromatic N) is 2. The van der Waals surface area contributed by atoms with Crippen LogP contribution in [0.25, 0.3) is 11.4 Å². The van der Waals surface area contributed by atoms with Crippen LogP contribution in [-0.4, -0.2) is 23.4 Å². The van der Waals surface area contributed by atoms with Gasteiger partial charge in [0.05, 0.1) is 5.69 Å². The molecule has 0 fully saturated rings. The Labute approximate surface area is 105 Å². The Bertz CT molecular complexity index is 578. The van der Waals surface area contributed by atoms with Gasteiger partial charge in [-0.2, -0.15) is 0 Å². The molecule has 0 spiro atoms. The average Bonchev–Trinajstić information content (AvgIpc) is 2.95. The van der Waals surface area contributed by atoms with Gasteiger partial charge in [0.15, 0.2) is 11.5 Å². The van der Waals surface area contributed by atoms with Crippen LogP contribution in [0.15, 0.2) is 24.4 Å². The molecule has 1 N–H and O–H groups in total. The van der Waals surface area contributed by atoms with E-state index in [0.717, 1.165) is 35.1 Å². The third-order valence-corrected chi connectivity index (χ3v) is 2.91. The largest absolute Gasteiger partial charge is 0.454 e. The van der Waals surface area contributed by atoms with Crippen LogP contribution in [0.1, 0.15) is 5.69 Å². The topological polar surface area (TPSA) is 48.3 Å². The molecule has 5 nitrogen and oxygen atoms in total. The van der Waals surface area contributed by atoms with Crippen molar-refractivity contribution in [2.24, 2.45) is 7.05 Å². The fraction of sp³-hybridized carbons (Fsp3) is 0.308. The highest BCUT2D eigenvalue weighted by molar-refractivity contribution is 5.62. The van der Waals surface area contributed by atoms with Crippen LogP contribution in [0.2, 0.25) is 0 Å². The first-order valence-electron chi connectivity index (χ1n) is 5.85. The van der Waals surface area contributed by atoms with E-state index in [0.29, 0.717) is 6.79 Å². The van der Waals surface area contributed by atoms with Crippen molar-refractivity contribution in [2.45, 2.75) is 6.54 Å². The molecule has 0 saturated heterocycles. The second-order valence-corrected chi connectivity index (χ2v) is 4.27. The molecule has 2 heterocycles. The van der Waals surface area contributed by atoms with E-state index in [9.17, 15) is 0 Å². The van der Waals surface area contributed by atoms with E-state index in [1.807, 2.05) is 43.1 Å². The molecule has 0 unspecified atom stereocenters. The average molecular weight is 245 g/mol. The van der Waals surface area contributed by atoms with E-state index in [2.05, 4.69) is 10.3 Å². The smallest absolute Gasteiger partial charge is 0.231 e. The van der Waals surface area contributed by atoms with Gasteiger partial charge in [-0.3, -0.25) is 0 Å². The summed E-state index contributed by atoms with van der Waals surface area (Å²) >= 11 is 0. The van der Waals surface area contributed by atoms with Crippen LogP contribution >= 0.6 is 0 Å². The minimum Gasteiger partial charge on any atom is -0.454 e. The van der Waals surface area contributed by atoms with Crippen molar-refractivity contribution in [2.75, 3.05) is 13.8 Å². The fourth-order valence-corrected chi connectivity index (χ4v) is 2.10. The standard InChI is InChI=1S/C13H15N3O2/c1-14-6-10-7-16(2)13(15-10)9-3-4-11-12(5-9)18-8-17-11/h3-5,7,14H,6,8H2,1-2H3. The molecule has 0 atom stereocenters. The summed E-state index contributed by atoms with van der Waals surface area (Å²) in [5, 5.41) is 3.10. The first-order valence-corrected chi connectivity index (χ1v) is 5.85. The van der Waals surface area contributed by atoms with E-state index in [-0.39, 0.29) is 0 Å². The van der Waals surface area contributed by atoms with Crippen LogP contribution in [0.3, 0.4) is 0 Å². The Kier molecular flexibility index (Phi) is 2.68. The quantitative estimate of drug-likeness (QED) is 0.891. The highest BCUT2D eigenvalue weighted by Crippen LogP contribution is 2.35. The number of imidazole rings is 1. The molecule has 5 heteroatoms. The Morgan fingerprint density at radius 1 is 1.33 bits per heavy atom. The second kappa shape index (κ2) is 4.34. The van der Waals surface area contributed by atoms with Gasteiger partial charge in [0, 0.05) is 25.4 Å². The molecule has 0 saturated carbocycles. The lowest BCUT2D eigenvalue weighted by molar-refractivity contribution is 0.174. The Balaban J connectivity index is 1.99. The number of nitrogens with one attached hydrogen (secondary N) is 1. The first-order chi connectivity index (χ1) is 8.78. The molecule has 18 heavy (non-hydrogen) atoms. The Hall–Kier alpha value is -2.01. The molecular weight excluding hydrogens is 230 g/mol. The number of hydrogen-bond donors (Lipinski definition) is 1. The zero-order valence-electron chi connectivity index (χ0n) is 10.4. The number of ether oxygens (including phenoxy) is 2. The highest BCUT2D eigenvalue weighted by Gasteiger charge is 2.15. The normalized spacial score (nSPS) is 13.0. The van der Waals surface area contributed by atoms with Crippen LogP contribution in [0.4, 0.5) is 0 Å². The third kappa shape index (κ3) is 1.82. The van der Waals surface area contributed by atoms with E-state index >= 15 is 0 Å². The van der Waals surface area contributed by atoms with Crippen molar-refractivity contribution in [3.05, 3.63) is 30.1 Å². The predicted molar refractivity (Wildman–Crippen MR) is 67.5 cm³/mol. The Morgan fingerprint density at radius 3 is 3.00 bits per heavy atom. The molecule has 0 bridgehead atoms. The highest BCUT2D eigenvalue weighted by atomic mass is 16.7. The van der Waals surface area contributed by atoms with Gasteiger partial charge in [0.2, 0.25) is 6.79 Å². The van der Waals surface area contributed by atoms with Crippen molar-refractivity contribution in [3.63, 3.8) is 0 Å². The van der Waals surface area contributed by atoms with Crippen LogP contribution < -0.4 is 14.8 Å². The number of fused-ring (bicyclic) bond motifs is 1. The van der Waals surface area contributed by atoms with E-state index in [4.69, 9.17) is 9.47 Å². The van der Waals surface area contributed by atoms with Gasteiger partial charge in [-0.25, -0.2) is 4.98 Å². The summed E-state index contributed by atoms with van der Waals surface area (Å²) < 4.78 is 12.7. The molecule has 1 aliphatic rings. The van der Waals surface area contributed by atoms with E-state index in [1.54, 1.807) is 0 Å². The van der Waals surface area contributed by atoms with Gasteiger partial charge in [-0.05, 0) is 25.2 Å². The molecular formula is C13H15N3O2. The van der Waals surface area contributed by atoms with E-state index < -0.39 is 0 Å². The summed E-state index contributed by atoms with van der Waals surface area (Å²) in [5.74, 6) is 2.51. The molecule has 0 radical (unpaired) electrons. The van der Waals surface area contributed by atoms with Crippen molar-refractivity contribution < 1.29 is 9.47 Å². The molecule has 0 amide bonds. The van der Waals surface area contributed by atoms with Gasteiger partial charge in [-0.15, -0.1) is 0 Å². The van der Waals surface area contributed by atoms with Gasteiger partial charge in [0.25, 0.3) is 0 Å². The maximum atomic E-state index is 5.38. The van der Waals surface area contributed by atoms with Gasteiger partial charge >= 0.3 is 0 Å². The SMILES string of the molecule is CNCc1cn(C)c(-c2ccc3c(c2)OCO3)n1. The van der Waals surface area contributed by atoms with Crippen LogP contribution in [0.5, 0.6) is 11.5 Å². The maximum Gasteiger partial charge on any atom is 0.231 e. The fourth-order valence-electron chi connectivity index (χ4n) is 2.10. The lowest BCUT2D eigenvalue weighted by atomic mass is 10.2. The summed E-state index contributed by atoms with van der Waals surface area (Å²) in [7, 11) is 3.90. The molecule has 0 aliphatic carbocycles. The number of benzene rings is 1. The Morgan fingerprint density at radius 2 is 2.17 bits per heavy atom. The first kappa shape index (κ1) is 11.1.